The van der Waals surface area contributed by atoms with E-state index in [0.717, 1.165) is 12.6 Å². The Morgan fingerprint density at radius 3 is 3.17 bits per heavy atom. The summed E-state index contributed by atoms with van der Waals surface area (Å²) >= 11 is 2.43. The van der Waals surface area contributed by atoms with E-state index in [2.05, 4.69) is 31.3 Å². The highest BCUT2D eigenvalue weighted by molar-refractivity contribution is 14.1. The number of ether oxygens (including phenoxy) is 1. The van der Waals surface area contributed by atoms with E-state index in [0.29, 0.717) is 12.1 Å². The van der Waals surface area contributed by atoms with Crippen molar-refractivity contribution in [2.75, 3.05) is 20.3 Å². The van der Waals surface area contributed by atoms with Crippen molar-refractivity contribution in [2.24, 2.45) is 0 Å². The van der Waals surface area contributed by atoms with E-state index in [4.69, 9.17) is 4.74 Å². The number of methoxy groups -OCH3 is 1. The zero-order chi connectivity index (χ0) is 8.55. The molecule has 3 atom stereocenters. The predicted molar refractivity (Wildman–Crippen MR) is 56.3 cm³/mol. The highest BCUT2D eigenvalue weighted by Crippen LogP contribution is 2.27. The highest BCUT2D eigenvalue weighted by atomic mass is 127. The summed E-state index contributed by atoms with van der Waals surface area (Å²) in [6, 6.07) is 1.98. The fourth-order valence-corrected chi connectivity index (χ4v) is 3.23. The topological polar surface area (TPSA) is 24.5 Å². The van der Waals surface area contributed by atoms with Crippen LogP contribution in [0.25, 0.3) is 0 Å². The number of hydrogen-bond donors (Lipinski definition) is 1. The first-order chi connectivity index (χ1) is 5.81. The van der Waals surface area contributed by atoms with Gasteiger partial charge in [0.25, 0.3) is 0 Å². The lowest BCUT2D eigenvalue weighted by molar-refractivity contribution is 0.110. The first kappa shape index (κ1) is 9.18. The van der Waals surface area contributed by atoms with Crippen LogP contribution in [-0.2, 0) is 4.74 Å². The molecule has 2 aliphatic rings. The van der Waals surface area contributed by atoms with Crippen LogP contribution in [0.2, 0.25) is 0 Å². The number of piperazine rings is 1. The van der Waals surface area contributed by atoms with Crippen LogP contribution in [0, 0.1) is 0 Å². The molecule has 12 heavy (non-hydrogen) atoms. The van der Waals surface area contributed by atoms with Crippen molar-refractivity contribution in [2.45, 2.75) is 31.0 Å². The number of fused-ring (bicyclic) bond motifs is 2. The third kappa shape index (κ3) is 1.62. The summed E-state index contributed by atoms with van der Waals surface area (Å²) in [7, 11) is 1.78. The maximum atomic E-state index is 5.22. The second kappa shape index (κ2) is 3.77. The van der Waals surface area contributed by atoms with Gasteiger partial charge in [-0.15, -0.1) is 0 Å². The van der Waals surface area contributed by atoms with Crippen molar-refractivity contribution >= 4 is 22.9 Å². The summed E-state index contributed by atoms with van der Waals surface area (Å²) in [5, 5.41) is 3.63. The number of hydrogen-bond acceptors (Lipinski definition) is 3. The van der Waals surface area contributed by atoms with Crippen LogP contribution in [0.4, 0.5) is 0 Å². The van der Waals surface area contributed by atoms with Gasteiger partial charge in [-0.1, -0.05) is 0 Å². The Balaban J connectivity index is 2.00. The Labute approximate surface area is 87.3 Å². The van der Waals surface area contributed by atoms with Crippen LogP contribution < -0.4 is 5.32 Å². The minimum Gasteiger partial charge on any atom is -0.383 e. The fraction of sp³-hybridized carbons (Fsp3) is 1.00. The van der Waals surface area contributed by atoms with Crippen LogP contribution in [0.15, 0.2) is 0 Å². The molecule has 0 spiro atoms. The number of nitrogens with one attached hydrogen (secondary N) is 1. The average Bonchev–Trinajstić information content (AvgIpc) is 2.43. The van der Waals surface area contributed by atoms with Gasteiger partial charge >= 0.3 is 0 Å². The standard InChI is InChI=1S/C8H15IN2O/c1-12-5-8-7-3-2-6(10-7)4-11(8)9/h6-8,10H,2-5H2,1H3/t6-,7+,8+/m1/s1. The van der Waals surface area contributed by atoms with Gasteiger partial charge in [0.1, 0.15) is 0 Å². The number of rotatable bonds is 2. The Morgan fingerprint density at radius 2 is 2.42 bits per heavy atom. The van der Waals surface area contributed by atoms with Gasteiger partial charge in [0.15, 0.2) is 0 Å². The van der Waals surface area contributed by atoms with E-state index in [-0.39, 0.29) is 0 Å². The molecule has 0 aromatic carbocycles. The van der Waals surface area contributed by atoms with Crippen molar-refractivity contribution in [3.8, 4) is 0 Å². The first-order valence-corrected chi connectivity index (χ1v) is 5.45. The van der Waals surface area contributed by atoms with Crippen LogP contribution in [0.3, 0.4) is 0 Å². The second-order valence-corrected chi connectivity index (χ2v) is 4.89. The lowest BCUT2D eigenvalue weighted by Crippen LogP contribution is -2.55. The lowest BCUT2D eigenvalue weighted by atomic mass is 10.1. The molecule has 0 unspecified atom stereocenters. The van der Waals surface area contributed by atoms with Crippen molar-refractivity contribution in [1.82, 2.24) is 8.43 Å². The Bertz CT molecular complexity index is 167. The smallest absolute Gasteiger partial charge is 0.0641 e. The van der Waals surface area contributed by atoms with Crippen LogP contribution in [0.5, 0.6) is 0 Å². The Kier molecular flexibility index (Phi) is 2.89. The quantitative estimate of drug-likeness (QED) is 0.598. The molecular weight excluding hydrogens is 267 g/mol. The third-order valence-corrected chi connectivity index (χ3v) is 3.94. The molecule has 0 saturated carbocycles. The van der Waals surface area contributed by atoms with Gasteiger partial charge in [0, 0.05) is 48.6 Å². The molecule has 2 bridgehead atoms. The molecule has 2 rings (SSSR count). The molecule has 3 nitrogen and oxygen atoms in total. The van der Waals surface area contributed by atoms with E-state index in [1.54, 1.807) is 7.11 Å². The Hall–Kier alpha value is 0.610. The lowest BCUT2D eigenvalue weighted by Gasteiger charge is -2.36. The van der Waals surface area contributed by atoms with Gasteiger partial charge in [-0.2, -0.15) is 0 Å². The summed E-state index contributed by atoms with van der Waals surface area (Å²) in [6.07, 6.45) is 2.66. The molecule has 1 N–H and O–H groups in total. The zero-order valence-electron chi connectivity index (χ0n) is 7.29. The molecule has 2 heterocycles. The summed E-state index contributed by atoms with van der Waals surface area (Å²) in [4.78, 5) is 0. The molecule has 2 fully saturated rings. The molecule has 0 aliphatic carbocycles. The van der Waals surface area contributed by atoms with E-state index < -0.39 is 0 Å². The van der Waals surface area contributed by atoms with Crippen LogP contribution >= 0.6 is 22.9 Å². The highest BCUT2D eigenvalue weighted by Gasteiger charge is 2.38. The molecule has 4 heteroatoms. The maximum Gasteiger partial charge on any atom is 0.0641 e. The molecule has 0 aromatic heterocycles. The summed E-state index contributed by atoms with van der Waals surface area (Å²) in [6.45, 7) is 2.03. The monoisotopic (exact) mass is 282 g/mol. The molecule has 2 saturated heterocycles. The van der Waals surface area contributed by atoms with Gasteiger partial charge in [-0.3, -0.25) is 0 Å². The van der Waals surface area contributed by atoms with Gasteiger partial charge in [-0.05, 0) is 12.8 Å². The molecule has 70 valence electrons. The zero-order valence-corrected chi connectivity index (χ0v) is 9.45. The van der Waals surface area contributed by atoms with Crippen LogP contribution in [0.1, 0.15) is 12.8 Å². The fourth-order valence-electron chi connectivity index (χ4n) is 2.21. The van der Waals surface area contributed by atoms with Gasteiger partial charge in [0.05, 0.1) is 12.6 Å². The molecule has 0 amide bonds. The summed E-state index contributed by atoms with van der Waals surface area (Å²) < 4.78 is 7.62. The number of nitrogens with zero attached hydrogens (tertiary/aromatic N) is 1. The summed E-state index contributed by atoms with van der Waals surface area (Å²) in [5.41, 5.74) is 0. The van der Waals surface area contributed by atoms with Crippen molar-refractivity contribution in [1.29, 1.82) is 0 Å². The van der Waals surface area contributed by atoms with E-state index in [9.17, 15) is 0 Å². The second-order valence-electron chi connectivity index (χ2n) is 3.65. The molecule has 0 aromatic rings. The van der Waals surface area contributed by atoms with Crippen molar-refractivity contribution in [3.63, 3.8) is 0 Å². The minimum absolute atomic E-state index is 0.578. The molecule has 2 aliphatic heterocycles. The minimum atomic E-state index is 0.578. The third-order valence-electron chi connectivity index (χ3n) is 2.83. The largest absolute Gasteiger partial charge is 0.383 e. The predicted octanol–water partition coefficient (Wildman–Crippen LogP) is 0.788. The average molecular weight is 282 g/mol. The molecule has 0 radical (unpaired) electrons. The van der Waals surface area contributed by atoms with Gasteiger partial charge in [0.2, 0.25) is 0 Å². The van der Waals surface area contributed by atoms with Crippen LogP contribution in [-0.4, -0.2) is 41.5 Å². The maximum absolute atomic E-state index is 5.22. The van der Waals surface area contributed by atoms with E-state index >= 15 is 0 Å². The van der Waals surface area contributed by atoms with E-state index in [1.165, 1.54) is 19.4 Å². The van der Waals surface area contributed by atoms with Gasteiger partial charge in [-0.25, -0.2) is 3.11 Å². The first-order valence-electron chi connectivity index (χ1n) is 4.48. The van der Waals surface area contributed by atoms with E-state index in [1.807, 2.05) is 0 Å². The summed E-state index contributed by atoms with van der Waals surface area (Å²) in [5.74, 6) is 0. The Morgan fingerprint density at radius 1 is 1.58 bits per heavy atom. The number of halogens is 1. The van der Waals surface area contributed by atoms with Crippen molar-refractivity contribution < 1.29 is 4.74 Å². The normalized spacial score (nSPS) is 42.0. The van der Waals surface area contributed by atoms with Crippen molar-refractivity contribution in [3.05, 3.63) is 0 Å². The molecular formula is C8H15IN2O. The SMILES string of the molecule is COC[C@H]1[C@@H]2CC[C@H](CN1I)N2. The van der Waals surface area contributed by atoms with Gasteiger partial charge < -0.3 is 10.1 Å².